The van der Waals surface area contributed by atoms with Crippen LogP contribution >= 0.6 is 15.9 Å². The summed E-state index contributed by atoms with van der Waals surface area (Å²) in [5.41, 5.74) is 1.87. The molecule has 0 unspecified atom stereocenters. The quantitative estimate of drug-likeness (QED) is 0.853. The molecule has 0 aliphatic heterocycles. The van der Waals surface area contributed by atoms with Crippen molar-refractivity contribution in [1.82, 2.24) is 9.78 Å². The average Bonchev–Trinajstić information content (AvgIpc) is 2.50. The number of rotatable bonds is 4. The predicted molar refractivity (Wildman–Crippen MR) is 73.1 cm³/mol. The summed E-state index contributed by atoms with van der Waals surface area (Å²) in [4.78, 5) is 11.9. The lowest BCUT2D eigenvalue weighted by Gasteiger charge is -2.16. The fourth-order valence-corrected chi connectivity index (χ4v) is 2.20. The van der Waals surface area contributed by atoms with E-state index in [1.54, 1.807) is 0 Å². The van der Waals surface area contributed by atoms with Crippen molar-refractivity contribution in [2.24, 2.45) is 5.41 Å². The largest absolute Gasteiger partial charge is 0.299 e. The Morgan fingerprint density at radius 3 is 2.47 bits per heavy atom. The molecule has 0 amide bonds. The third-order valence-corrected chi connectivity index (χ3v) is 3.91. The monoisotopic (exact) mass is 300 g/mol. The van der Waals surface area contributed by atoms with Gasteiger partial charge in [-0.15, -0.1) is 0 Å². The molecule has 0 N–H and O–H groups in total. The molecule has 1 rings (SSSR count). The van der Waals surface area contributed by atoms with Crippen molar-refractivity contribution in [2.75, 3.05) is 0 Å². The molecule has 0 atom stereocenters. The van der Waals surface area contributed by atoms with Crippen LogP contribution in [0.1, 0.15) is 45.5 Å². The third-order valence-electron chi connectivity index (χ3n) is 2.88. The van der Waals surface area contributed by atoms with Crippen molar-refractivity contribution >= 4 is 21.7 Å². The third kappa shape index (κ3) is 3.41. The van der Waals surface area contributed by atoms with Gasteiger partial charge in [0.25, 0.3) is 0 Å². The van der Waals surface area contributed by atoms with Crippen LogP contribution in [-0.2, 0) is 17.8 Å². The molecule has 0 aliphatic rings. The zero-order chi connectivity index (χ0) is 13.2. The van der Waals surface area contributed by atoms with Crippen LogP contribution in [0.15, 0.2) is 4.47 Å². The van der Waals surface area contributed by atoms with E-state index < -0.39 is 0 Å². The molecular formula is C13H21BrN2O. The highest BCUT2D eigenvalue weighted by Crippen LogP contribution is 2.24. The second-order valence-corrected chi connectivity index (χ2v) is 6.13. The normalized spacial score (nSPS) is 11.9. The molecular weight excluding hydrogens is 280 g/mol. The smallest absolute Gasteiger partial charge is 0.138 e. The Bertz CT molecular complexity index is 416. The van der Waals surface area contributed by atoms with Crippen LogP contribution in [0.2, 0.25) is 0 Å². The summed E-state index contributed by atoms with van der Waals surface area (Å²) in [6, 6.07) is 0. The average molecular weight is 301 g/mol. The first-order valence-corrected chi connectivity index (χ1v) is 6.81. The molecule has 0 spiro atoms. The van der Waals surface area contributed by atoms with Gasteiger partial charge in [-0.2, -0.15) is 5.10 Å². The van der Waals surface area contributed by atoms with Crippen LogP contribution in [0, 0.1) is 12.3 Å². The summed E-state index contributed by atoms with van der Waals surface area (Å²) in [7, 11) is 0. The van der Waals surface area contributed by atoms with Gasteiger partial charge in [0.15, 0.2) is 0 Å². The van der Waals surface area contributed by atoms with Crippen LogP contribution in [-0.4, -0.2) is 15.6 Å². The topological polar surface area (TPSA) is 34.9 Å². The first-order chi connectivity index (χ1) is 7.77. The van der Waals surface area contributed by atoms with Crippen molar-refractivity contribution in [1.29, 1.82) is 0 Å². The Morgan fingerprint density at radius 1 is 1.41 bits per heavy atom. The number of carbonyl (C=O) groups excluding carboxylic acids is 1. The maximum atomic E-state index is 11.9. The SMILES string of the molecule is CCn1nc(C)c(Br)c1CCC(=O)C(C)(C)C. The van der Waals surface area contributed by atoms with Gasteiger partial charge in [-0.25, -0.2) is 0 Å². The van der Waals surface area contributed by atoms with E-state index in [0.717, 1.165) is 28.8 Å². The van der Waals surface area contributed by atoms with Gasteiger partial charge in [0.1, 0.15) is 5.78 Å². The lowest BCUT2D eigenvalue weighted by Crippen LogP contribution is -2.21. The lowest BCUT2D eigenvalue weighted by atomic mass is 9.88. The summed E-state index contributed by atoms with van der Waals surface area (Å²) in [5, 5.41) is 4.43. The van der Waals surface area contributed by atoms with E-state index >= 15 is 0 Å². The molecule has 0 saturated heterocycles. The minimum atomic E-state index is -0.251. The molecule has 1 aromatic heterocycles. The van der Waals surface area contributed by atoms with Gasteiger partial charge in [-0.3, -0.25) is 9.48 Å². The van der Waals surface area contributed by atoms with Crippen molar-refractivity contribution in [3.8, 4) is 0 Å². The van der Waals surface area contributed by atoms with E-state index in [-0.39, 0.29) is 5.41 Å². The van der Waals surface area contributed by atoms with Crippen LogP contribution in [0.3, 0.4) is 0 Å². The molecule has 17 heavy (non-hydrogen) atoms. The molecule has 4 heteroatoms. The molecule has 1 aromatic rings. The van der Waals surface area contributed by atoms with Gasteiger partial charge in [0, 0.05) is 18.4 Å². The molecule has 0 fully saturated rings. The van der Waals surface area contributed by atoms with E-state index in [0.29, 0.717) is 12.2 Å². The van der Waals surface area contributed by atoms with Gasteiger partial charge in [-0.1, -0.05) is 20.8 Å². The zero-order valence-corrected chi connectivity index (χ0v) is 12.9. The van der Waals surface area contributed by atoms with Crippen molar-refractivity contribution in [3.63, 3.8) is 0 Å². The number of ketones is 1. The van der Waals surface area contributed by atoms with E-state index in [1.807, 2.05) is 32.4 Å². The van der Waals surface area contributed by atoms with Crippen molar-refractivity contribution < 1.29 is 4.79 Å². The first kappa shape index (κ1) is 14.4. The Labute approximate surface area is 112 Å². The van der Waals surface area contributed by atoms with E-state index in [4.69, 9.17) is 0 Å². The van der Waals surface area contributed by atoms with Gasteiger partial charge >= 0.3 is 0 Å². The first-order valence-electron chi connectivity index (χ1n) is 6.02. The summed E-state index contributed by atoms with van der Waals surface area (Å²) in [6.45, 7) is 10.8. The molecule has 3 nitrogen and oxygen atoms in total. The second-order valence-electron chi connectivity index (χ2n) is 5.34. The Hall–Kier alpha value is -0.640. The molecule has 0 bridgehead atoms. The highest BCUT2D eigenvalue weighted by atomic mass is 79.9. The zero-order valence-electron chi connectivity index (χ0n) is 11.3. The number of carbonyl (C=O) groups is 1. The Morgan fingerprint density at radius 2 is 2.00 bits per heavy atom. The van der Waals surface area contributed by atoms with Crippen LogP contribution in [0.5, 0.6) is 0 Å². The molecule has 1 heterocycles. The number of nitrogens with zero attached hydrogens (tertiary/aromatic N) is 2. The fourth-order valence-electron chi connectivity index (χ4n) is 1.71. The summed E-state index contributed by atoms with van der Waals surface area (Å²) in [5.74, 6) is 0.297. The maximum absolute atomic E-state index is 11.9. The summed E-state index contributed by atoms with van der Waals surface area (Å²) >= 11 is 3.55. The van der Waals surface area contributed by atoms with E-state index in [2.05, 4.69) is 28.0 Å². The number of aromatic nitrogens is 2. The minimum Gasteiger partial charge on any atom is -0.299 e. The lowest BCUT2D eigenvalue weighted by molar-refractivity contribution is -0.126. The maximum Gasteiger partial charge on any atom is 0.138 e. The fraction of sp³-hybridized carbons (Fsp3) is 0.692. The van der Waals surface area contributed by atoms with Gasteiger partial charge in [0.2, 0.25) is 0 Å². The Balaban J connectivity index is 2.79. The standard InChI is InChI=1S/C13H21BrN2O/c1-6-16-10(12(14)9(2)15-16)7-8-11(17)13(3,4)5/h6-8H2,1-5H3. The highest BCUT2D eigenvalue weighted by Gasteiger charge is 2.22. The molecule has 0 aromatic carbocycles. The van der Waals surface area contributed by atoms with Crippen molar-refractivity contribution in [2.45, 2.75) is 54.0 Å². The molecule has 0 radical (unpaired) electrons. The predicted octanol–water partition coefficient (Wildman–Crippen LogP) is 3.52. The highest BCUT2D eigenvalue weighted by molar-refractivity contribution is 9.10. The number of hydrogen-bond donors (Lipinski definition) is 0. The number of halogens is 1. The summed E-state index contributed by atoms with van der Waals surface area (Å²) < 4.78 is 3.01. The number of Topliss-reactive ketones (excluding diaryl/α,β-unsaturated/α-hetero) is 1. The van der Waals surface area contributed by atoms with Gasteiger partial charge < -0.3 is 0 Å². The van der Waals surface area contributed by atoms with E-state index in [9.17, 15) is 4.79 Å². The number of aryl methyl sites for hydroxylation is 2. The molecule has 0 saturated carbocycles. The van der Waals surface area contributed by atoms with Crippen molar-refractivity contribution in [3.05, 3.63) is 15.9 Å². The molecule has 96 valence electrons. The van der Waals surface area contributed by atoms with E-state index in [1.165, 1.54) is 0 Å². The number of hydrogen-bond acceptors (Lipinski definition) is 2. The Kier molecular flexibility index (Phi) is 4.53. The second kappa shape index (κ2) is 5.34. The van der Waals surface area contributed by atoms with Gasteiger partial charge in [-0.05, 0) is 36.2 Å². The summed E-state index contributed by atoms with van der Waals surface area (Å²) in [6.07, 6.45) is 1.33. The van der Waals surface area contributed by atoms with Gasteiger partial charge in [0.05, 0.1) is 15.9 Å². The van der Waals surface area contributed by atoms with Crippen LogP contribution in [0.25, 0.3) is 0 Å². The minimum absolute atomic E-state index is 0.251. The van der Waals surface area contributed by atoms with Crippen LogP contribution < -0.4 is 0 Å². The molecule has 0 aliphatic carbocycles. The van der Waals surface area contributed by atoms with Crippen LogP contribution in [0.4, 0.5) is 0 Å².